The van der Waals surface area contributed by atoms with Crippen LogP contribution in [-0.2, 0) is 0 Å². The largest absolute Gasteiger partial charge is 0.367 e. The van der Waals surface area contributed by atoms with E-state index in [-0.39, 0.29) is 0 Å². The molecule has 1 aliphatic rings. The SMILES string of the molecule is Clc1nc(NC2CC2)c2cscc2n1. The van der Waals surface area contributed by atoms with Crippen molar-refractivity contribution >= 4 is 39.7 Å². The van der Waals surface area contributed by atoms with Crippen LogP contribution in [-0.4, -0.2) is 16.0 Å². The third kappa shape index (κ3) is 1.44. The maximum atomic E-state index is 5.83. The van der Waals surface area contributed by atoms with Crippen molar-refractivity contribution in [1.82, 2.24) is 9.97 Å². The van der Waals surface area contributed by atoms with Gasteiger partial charge >= 0.3 is 0 Å². The Kier molecular flexibility index (Phi) is 1.85. The first-order valence-electron chi connectivity index (χ1n) is 4.49. The maximum absolute atomic E-state index is 5.83. The van der Waals surface area contributed by atoms with Crippen LogP contribution in [0.5, 0.6) is 0 Å². The number of aromatic nitrogens is 2. The minimum atomic E-state index is 0.319. The summed E-state index contributed by atoms with van der Waals surface area (Å²) in [6.45, 7) is 0. The van der Waals surface area contributed by atoms with E-state index in [1.165, 1.54) is 12.8 Å². The van der Waals surface area contributed by atoms with E-state index in [0.717, 1.165) is 16.7 Å². The van der Waals surface area contributed by atoms with Gasteiger partial charge in [0.15, 0.2) is 0 Å². The molecule has 2 aromatic heterocycles. The molecule has 1 N–H and O–H groups in total. The Balaban J connectivity index is 2.13. The highest BCUT2D eigenvalue weighted by molar-refractivity contribution is 7.09. The molecular formula is C9H8ClN3S. The zero-order chi connectivity index (χ0) is 9.54. The molecule has 3 nitrogen and oxygen atoms in total. The van der Waals surface area contributed by atoms with E-state index in [0.29, 0.717) is 11.3 Å². The second kappa shape index (κ2) is 3.07. The summed E-state index contributed by atoms with van der Waals surface area (Å²) in [5, 5.41) is 8.79. The van der Waals surface area contributed by atoms with E-state index in [1.807, 2.05) is 5.38 Å². The van der Waals surface area contributed by atoms with E-state index in [4.69, 9.17) is 11.6 Å². The molecule has 3 rings (SSSR count). The Bertz CT molecular complexity index is 478. The monoisotopic (exact) mass is 225 g/mol. The van der Waals surface area contributed by atoms with Gasteiger partial charge in [0.1, 0.15) is 5.82 Å². The van der Waals surface area contributed by atoms with Crippen molar-refractivity contribution in [2.24, 2.45) is 0 Å². The van der Waals surface area contributed by atoms with Crippen LogP contribution in [0.4, 0.5) is 5.82 Å². The van der Waals surface area contributed by atoms with Gasteiger partial charge in [-0.2, -0.15) is 0 Å². The lowest BCUT2D eigenvalue weighted by Crippen LogP contribution is -2.03. The molecule has 0 aromatic carbocycles. The van der Waals surface area contributed by atoms with Crippen LogP contribution >= 0.6 is 22.9 Å². The first-order chi connectivity index (χ1) is 6.83. The number of hydrogen-bond acceptors (Lipinski definition) is 4. The van der Waals surface area contributed by atoms with Crippen molar-refractivity contribution in [3.63, 3.8) is 0 Å². The second-order valence-electron chi connectivity index (χ2n) is 3.43. The van der Waals surface area contributed by atoms with Gasteiger partial charge in [0.25, 0.3) is 0 Å². The fraction of sp³-hybridized carbons (Fsp3) is 0.333. The molecule has 0 saturated heterocycles. The normalized spacial score (nSPS) is 16.1. The van der Waals surface area contributed by atoms with Gasteiger partial charge in [-0.05, 0) is 24.4 Å². The first kappa shape index (κ1) is 8.44. The third-order valence-electron chi connectivity index (χ3n) is 2.23. The summed E-state index contributed by atoms with van der Waals surface area (Å²) < 4.78 is 0. The van der Waals surface area contributed by atoms with Gasteiger partial charge in [0.2, 0.25) is 5.28 Å². The summed E-state index contributed by atoms with van der Waals surface area (Å²) in [7, 11) is 0. The van der Waals surface area contributed by atoms with Crippen LogP contribution in [0.2, 0.25) is 5.28 Å². The quantitative estimate of drug-likeness (QED) is 0.799. The lowest BCUT2D eigenvalue weighted by atomic mass is 10.3. The van der Waals surface area contributed by atoms with E-state index in [1.54, 1.807) is 11.3 Å². The van der Waals surface area contributed by atoms with Crippen LogP contribution in [0.1, 0.15) is 12.8 Å². The lowest BCUT2D eigenvalue weighted by Gasteiger charge is -2.04. The molecule has 72 valence electrons. The number of hydrogen-bond donors (Lipinski definition) is 1. The number of nitrogens with one attached hydrogen (secondary N) is 1. The zero-order valence-corrected chi connectivity index (χ0v) is 8.90. The molecule has 0 aliphatic heterocycles. The first-order valence-corrected chi connectivity index (χ1v) is 5.81. The Morgan fingerprint density at radius 3 is 3.00 bits per heavy atom. The van der Waals surface area contributed by atoms with E-state index < -0.39 is 0 Å². The molecule has 0 atom stereocenters. The fourth-order valence-corrected chi connectivity index (χ4v) is 2.28. The molecule has 0 spiro atoms. The van der Waals surface area contributed by atoms with Crippen molar-refractivity contribution in [3.05, 3.63) is 16.0 Å². The van der Waals surface area contributed by atoms with Gasteiger partial charge in [-0.25, -0.2) is 9.97 Å². The Labute approximate surface area is 90.1 Å². The van der Waals surface area contributed by atoms with E-state index in [2.05, 4.69) is 20.7 Å². The van der Waals surface area contributed by atoms with Crippen LogP contribution in [0.25, 0.3) is 10.9 Å². The molecule has 5 heteroatoms. The molecule has 14 heavy (non-hydrogen) atoms. The standard InChI is InChI=1S/C9H8ClN3S/c10-9-12-7-4-14-3-6(7)8(13-9)11-5-1-2-5/h3-5H,1-2H2,(H,11,12,13). The molecule has 0 unspecified atom stereocenters. The molecule has 0 amide bonds. The predicted octanol–water partition coefficient (Wildman–Crippen LogP) is 2.92. The molecule has 2 heterocycles. The summed E-state index contributed by atoms with van der Waals surface area (Å²) >= 11 is 7.45. The zero-order valence-electron chi connectivity index (χ0n) is 7.33. The number of rotatable bonds is 2. The Morgan fingerprint density at radius 2 is 2.21 bits per heavy atom. The van der Waals surface area contributed by atoms with Gasteiger partial charge in [-0.1, -0.05) is 0 Å². The summed E-state index contributed by atoms with van der Waals surface area (Å²) in [4.78, 5) is 8.35. The fourth-order valence-electron chi connectivity index (χ4n) is 1.36. The average molecular weight is 226 g/mol. The highest BCUT2D eigenvalue weighted by Gasteiger charge is 2.22. The van der Waals surface area contributed by atoms with E-state index >= 15 is 0 Å². The number of anilines is 1. The molecule has 1 fully saturated rings. The molecule has 1 aliphatic carbocycles. The predicted molar refractivity (Wildman–Crippen MR) is 59.1 cm³/mol. The molecular weight excluding hydrogens is 218 g/mol. The number of thiophene rings is 1. The summed E-state index contributed by atoms with van der Waals surface area (Å²) in [5.74, 6) is 0.878. The van der Waals surface area contributed by atoms with Crippen molar-refractivity contribution < 1.29 is 0 Å². The second-order valence-corrected chi connectivity index (χ2v) is 4.51. The van der Waals surface area contributed by atoms with Gasteiger partial charge in [-0.15, -0.1) is 11.3 Å². The van der Waals surface area contributed by atoms with Gasteiger partial charge in [-0.3, -0.25) is 0 Å². The third-order valence-corrected chi connectivity index (χ3v) is 3.13. The minimum Gasteiger partial charge on any atom is -0.367 e. The lowest BCUT2D eigenvalue weighted by molar-refractivity contribution is 1.11. The Morgan fingerprint density at radius 1 is 1.36 bits per heavy atom. The number of halogens is 1. The van der Waals surface area contributed by atoms with Gasteiger partial charge in [0.05, 0.1) is 10.9 Å². The van der Waals surface area contributed by atoms with Crippen LogP contribution < -0.4 is 5.32 Å². The molecule has 2 aromatic rings. The van der Waals surface area contributed by atoms with Gasteiger partial charge in [0, 0.05) is 16.8 Å². The van der Waals surface area contributed by atoms with E-state index in [9.17, 15) is 0 Å². The summed E-state index contributed by atoms with van der Waals surface area (Å²) in [6, 6.07) is 0.587. The highest BCUT2D eigenvalue weighted by Crippen LogP contribution is 2.30. The van der Waals surface area contributed by atoms with Crippen LogP contribution in [0.15, 0.2) is 10.8 Å². The van der Waals surface area contributed by atoms with Crippen molar-refractivity contribution in [2.45, 2.75) is 18.9 Å². The average Bonchev–Trinajstić information content (AvgIpc) is 2.81. The minimum absolute atomic E-state index is 0.319. The molecule has 0 bridgehead atoms. The molecule has 1 saturated carbocycles. The van der Waals surface area contributed by atoms with Crippen molar-refractivity contribution in [2.75, 3.05) is 5.32 Å². The summed E-state index contributed by atoms with van der Waals surface area (Å²) in [5.41, 5.74) is 0.929. The topological polar surface area (TPSA) is 37.8 Å². The maximum Gasteiger partial charge on any atom is 0.224 e. The van der Waals surface area contributed by atoms with Crippen LogP contribution in [0, 0.1) is 0 Å². The smallest absolute Gasteiger partial charge is 0.224 e. The summed E-state index contributed by atoms with van der Waals surface area (Å²) in [6.07, 6.45) is 2.46. The number of nitrogens with zero attached hydrogens (tertiary/aromatic N) is 2. The van der Waals surface area contributed by atoms with Crippen molar-refractivity contribution in [1.29, 1.82) is 0 Å². The van der Waals surface area contributed by atoms with Gasteiger partial charge < -0.3 is 5.32 Å². The van der Waals surface area contributed by atoms with Crippen LogP contribution in [0.3, 0.4) is 0 Å². The number of fused-ring (bicyclic) bond motifs is 1. The highest BCUT2D eigenvalue weighted by atomic mass is 35.5. The Hall–Kier alpha value is -0.870. The van der Waals surface area contributed by atoms with Crippen molar-refractivity contribution in [3.8, 4) is 0 Å². The molecule has 0 radical (unpaired) electrons.